The van der Waals surface area contributed by atoms with Crippen molar-refractivity contribution in [3.05, 3.63) is 65.7 Å². The van der Waals surface area contributed by atoms with Crippen molar-refractivity contribution >= 4 is 18.0 Å². The first kappa shape index (κ1) is 20.2. The highest BCUT2D eigenvalue weighted by atomic mass is 16.6. The van der Waals surface area contributed by atoms with Crippen LogP contribution in [0, 0.1) is 5.92 Å². The van der Waals surface area contributed by atoms with Crippen molar-refractivity contribution in [1.82, 2.24) is 0 Å². The Kier molecular flexibility index (Phi) is 7.62. The summed E-state index contributed by atoms with van der Waals surface area (Å²) >= 11 is 0. The minimum Gasteiger partial charge on any atom is -0.489 e. The number of hydrogen-bond donors (Lipinski definition) is 1. The summed E-state index contributed by atoms with van der Waals surface area (Å²) in [5, 5.41) is 8.76. The third-order valence-corrected chi connectivity index (χ3v) is 3.64. The van der Waals surface area contributed by atoms with E-state index in [-0.39, 0.29) is 12.4 Å². The summed E-state index contributed by atoms with van der Waals surface area (Å²) in [5.74, 6) is -0.325. The third kappa shape index (κ3) is 7.36. The van der Waals surface area contributed by atoms with Crippen LogP contribution in [0.5, 0.6) is 11.5 Å². The minimum absolute atomic E-state index is 0.258. The first-order valence-corrected chi connectivity index (χ1v) is 8.86. The van der Waals surface area contributed by atoms with E-state index < -0.39 is 5.97 Å². The number of aliphatic carboxylic acids is 1. The van der Waals surface area contributed by atoms with Gasteiger partial charge in [0, 0.05) is 12.5 Å². The second kappa shape index (κ2) is 10.2. The highest BCUT2D eigenvalue weighted by molar-refractivity contribution is 5.85. The lowest BCUT2D eigenvalue weighted by Crippen LogP contribution is -2.11. The van der Waals surface area contributed by atoms with Crippen molar-refractivity contribution < 1.29 is 24.2 Å². The second-order valence-corrected chi connectivity index (χ2v) is 6.54. The van der Waals surface area contributed by atoms with E-state index in [0.717, 1.165) is 11.6 Å². The molecule has 0 heterocycles. The predicted octanol–water partition coefficient (Wildman–Crippen LogP) is 4.36. The van der Waals surface area contributed by atoms with E-state index >= 15 is 0 Å². The van der Waals surface area contributed by atoms with Crippen LogP contribution in [0.25, 0.3) is 6.08 Å². The van der Waals surface area contributed by atoms with Gasteiger partial charge in [-0.25, -0.2) is 4.79 Å². The van der Waals surface area contributed by atoms with Crippen LogP contribution in [0.4, 0.5) is 0 Å². The molecule has 0 radical (unpaired) electrons. The molecular formula is C22H24O5. The highest BCUT2D eigenvalue weighted by Gasteiger charge is 2.12. The molecule has 5 heteroatoms. The molecule has 0 amide bonds. The molecule has 0 unspecified atom stereocenters. The zero-order valence-corrected chi connectivity index (χ0v) is 15.6. The fraction of sp³-hybridized carbons (Fsp3) is 0.273. The smallest absolute Gasteiger partial charge is 0.328 e. The number of aryl methyl sites for hydroxylation is 1. The zero-order valence-electron chi connectivity index (χ0n) is 15.6. The number of carbonyl (C=O) groups excluding carboxylic acids is 1. The van der Waals surface area contributed by atoms with Crippen LogP contribution < -0.4 is 9.47 Å². The van der Waals surface area contributed by atoms with Crippen LogP contribution in [-0.2, 0) is 16.0 Å². The molecule has 0 bridgehead atoms. The number of rotatable bonds is 9. The normalized spacial score (nSPS) is 10.9. The third-order valence-electron chi connectivity index (χ3n) is 3.64. The zero-order chi connectivity index (χ0) is 19.6. The molecule has 0 aliphatic heterocycles. The highest BCUT2D eigenvalue weighted by Crippen LogP contribution is 2.30. The van der Waals surface area contributed by atoms with E-state index in [1.54, 1.807) is 18.2 Å². The van der Waals surface area contributed by atoms with Crippen LogP contribution in [0.1, 0.15) is 31.4 Å². The van der Waals surface area contributed by atoms with Gasteiger partial charge in [0.05, 0.1) is 6.61 Å². The van der Waals surface area contributed by atoms with E-state index in [1.807, 2.05) is 44.2 Å². The van der Waals surface area contributed by atoms with Gasteiger partial charge in [0.25, 0.3) is 0 Å². The van der Waals surface area contributed by atoms with Gasteiger partial charge in [-0.15, -0.1) is 0 Å². The Bertz CT molecular complexity index is 794. The predicted molar refractivity (Wildman–Crippen MR) is 104 cm³/mol. The monoisotopic (exact) mass is 368 g/mol. The molecular weight excluding hydrogens is 344 g/mol. The summed E-state index contributed by atoms with van der Waals surface area (Å²) < 4.78 is 11.2. The summed E-state index contributed by atoms with van der Waals surface area (Å²) in [6.07, 6.45) is 3.37. The van der Waals surface area contributed by atoms with Crippen molar-refractivity contribution in [3.63, 3.8) is 0 Å². The maximum Gasteiger partial charge on any atom is 0.328 e. The number of esters is 1. The maximum atomic E-state index is 12.2. The van der Waals surface area contributed by atoms with Gasteiger partial charge in [0.2, 0.25) is 0 Å². The number of benzene rings is 2. The van der Waals surface area contributed by atoms with Gasteiger partial charge < -0.3 is 14.6 Å². The lowest BCUT2D eigenvalue weighted by atomic mass is 10.1. The van der Waals surface area contributed by atoms with Crippen LogP contribution in [0.2, 0.25) is 0 Å². The summed E-state index contributed by atoms with van der Waals surface area (Å²) in [7, 11) is 0. The van der Waals surface area contributed by atoms with Gasteiger partial charge in [-0.05, 0) is 41.7 Å². The van der Waals surface area contributed by atoms with Gasteiger partial charge in [0.1, 0.15) is 0 Å². The minimum atomic E-state index is -1.03. The van der Waals surface area contributed by atoms with Crippen molar-refractivity contribution in [3.8, 4) is 11.5 Å². The van der Waals surface area contributed by atoms with Gasteiger partial charge in [-0.3, -0.25) is 4.79 Å². The molecule has 0 saturated heterocycles. The van der Waals surface area contributed by atoms with Crippen LogP contribution in [0.3, 0.4) is 0 Å². The van der Waals surface area contributed by atoms with Crippen LogP contribution >= 0.6 is 0 Å². The Balaban J connectivity index is 2.08. The summed E-state index contributed by atoms with van der Waals surface area (Å²) in [5.41, 5.74) is 1.72. The van der Waals surface area contributed by atoms with Crippen molar-refractivity contribution in [2.45, 2.75) is 26.7 Å². The van der Waals surface area contributed by atoms with Crippen LogP contribution in [-0.4, -0.2) is 23.7 Å². The largest absolute Gasteiger partial charge is 0.489 e. The van der Waals surface area contributed by atoms with Crippen molar-refractivity contribution in [2.75, 3.05) is 6.61 Å². The van der Waals surface area contributed by atoms with Crippen molar-refractivity contribution in [1.29, 1.82) is 0 Å². The van der Waals surface area contributed by atoms with Crippen LogP contribution in [0.15, 0.2) is 54.6 Å². The van der Waals surface area contributed by atoms with E-state index in [9.17, 15) is 9.59 Å². The topological polar surface area (TPSA) is 72.8 Å². The molecule has 0 fully saturated rings. The Morgan fingerprint density at radius 1 is 1.07 bits per heavy atom. The standard InChI is InChI=1S/C22H24O5/c1-16(2)15-26-20-14-18(9-12-21(23)24)8-11-19(20)27-22(25)13-10-17-6-4-3-5-7-17/h3-9,11-12,14,16H,10,13,15H2,1-2H3,(H,23,24)/b12-9+. The molecule has 27 heavy (non-hydrogen) atoms. The van der Waals surface area contributed by atoms with Gasteiger partial charge in [0.15, 0.2) is 11.5 Å². The summed E-state index contributed by atoms with van der Waals surface area (Å²) in [4.78, 5) is 22.9. The average molecular weight is 368 g/mol. The number of carboxylic acids is 1. The molecule has 142 valence electrons. The molecule has 2 aromatic rings. The summed E-state index contributed by atoms with van der Waals surface area (Å²) in [6.45, 7) is 4.49. The van der Waals surface area contributed by atoms with E-state index in [0.29, 0.717) is 36.0 Å². The molecule has 1 N–H and O–H groups in total. The van der Waals surface area contributed by atoms with Gasteiger partial charge >= 0.3 is 11.9 Å². The molecule has 0 atom stereocenters. The SMILES string of the molecule is CC(C)COc1cc(/C=C/C(=O)O)ccc1OC(=O)CCc1ccccc1. The number of hydrogen-bond acceptors (Lipinski definition) is 4. The fourth-order valence-corrected chi connectivity index (χ4v) is 2.31. The van der Waals surface area contributed by atoms with Gasteiger partial charge in [-0.2, -0.15) is 0 Å². The molecule has 5 nitrogen and oxygen atoms in total. The molecule has 0 aliphatic carbocycles. The molecule has 0 aliphatic rings. The second-order valence-electron chi connectivity index (χ2n) is 6.54. The Morgan fingerprint density at radius 3 is 2.48 bits per heavy atom. The Morgan fingerprint density at radius 2 is 1.81 bits per heavy atom. The summed E-state index contributed by atoms with van der Waals surface area (Å²) in [6, 6.07) is 14.7. The molecule has 2 rings (SSSR count). The molecule has 0 aromatic heterocycles. The molecule has 0 saturated carbocycles. The van der Waals surface area contributed by atoms with E-state index in [1.165, 1.54) is 6.08 Å². The maximum absolute atomic E-state index is 12.2. The average Bonchev–Trinajstić information content (AvgIpc) is 2.65. The number of carbonyl (C=O) groups is 2. The first-order chi connectivity index (χ1) is 12.9. The number of ether oxygens (including phenoxy) is 2. The lowest BCUT2D eigenvalue weighted by molar-refractivity contribution is -0.134. The molecule has 0 spiro atoms. The van der Waals surface area contributed by atoms with E-state index in [4.69, 9.17) is 14.6 Å². The first-order valence-electron chi connectivity index (χ1n) is 8.86. The number of carboxylic acid groups (broad SMARTS) is 1. The van der Waals surface area contributed by atoms with Gasteiger partial charge in [-0.1, -0.05) is 50.2 Å². The molecule has 2 aromatic carbocycles. The Hall–Kier alpha value is -3.08. The van der Waals surface area contributed by atoms with E-state index in [2.05, 4.69) is 0 Å². The Labute approximate surface area is 159 Å². The fourth-order valence-electron chi connectivity index (χ4n) is 2.31. The van der Waals surface area contributed by atoms with Crippen molar-refractivity contribution in [2.24, 2.45) is 5.92 Å². The quantitative estimate of drug-likeness (QED) is 0.404. The lowest BCUT2D eigenvalue weighted by Gasteiger charge is -2.14.